The van der Waals surface area contributed by atoms with Crippen molar-refractivity contribution in [2.24, 2.45) is 0 Å². The van der Waals surface area contributed by atoms with Crippen LogP contribution in [0, 0.1) is 0 Å². The standard InChI is InChI=1S/C21H24N2O2/c1-15(2)23(14-16-7-5-4-6-8-16)21(24)11-17-13-22-20-10-9-18(25-3)12-19(17)20/h4-10,12-13,15,22H,11,14H2,1-3H3. The Bertz CT molecular complexity index is 853. The molecule has 2 aromatic carbocycles. The summed E-state index contributed by atoms with van der Waals surface area (Å²) >= 11 is 0. The van der Waals surface area contributed by atoms with Crippen molar-refractivity contribution in [2.75, 3.05) is 7.11 Å². The average molecular weight is 336 g/mol. The average Bonchev–Trinajstić information content (AvgIpc) is 3.02. The molecule has 0 aliphatic carbocycles. The van der Waals surface area contributed by atoms with Gasteiger partial charge in [0, 0.05) is 29.7 Å². The van der Waals surface area contributed by atoms with Crippen LogP contribution in [0.5, 0.6) is 5.75 Å². The van der Waals surface area contributed by atoms with Crippen LogP contribution in [-0.2, 0) is 17.8 Å². The van der Waals surface area contributed by atoms with E-state index in [9.17, 15) is 4.79 Å². The number of methoxy groups -OCH3 is 1. The first-order valence-corrected chi connectivity index (χ1v) is 8.56. The third-order valence-corrected chi connectivity index (χ3v) is 4.46. The third kappa shape index (κ3) is 3.85. The molecule has 0 bridgehead atoms. The summed E-state index contributed by atoms with van der Waals surface area (Å²) in [6.45, 7) is 4.74. The number of hydrogen-bond acceptors (Lipinski definition) is 2. The van der Waals surface area contributed by atoms with Crippen LogP contribution in [0.25, 0.3) is 10.9 Å². The summed E-state index contributed by atoms with van der Waals surface area (Å²) in [6, 6.07) is 16.1. The molecule has 1 amide bonds. The van der Waals surface area contributed by atoms with Gasteiger partial charge in [-0.3, -0.25) is 4.79 Å². The summed E-state index contributed by atoms with van der Waals surface area (Å²) in [7, 11) is 1.65. The molecule has 3 rings (SSSR count). The number of benzene rings is 2. The zero-order chi connectivity index (χ0) is 17.8. The molecule has 1 N–H and O–H groups in total. The van der Waals surface area contributed by atoms with E-state index in [-0.39, 0.29) is 11.9 Å². The number of aromatic nitrogens is 1. The molecule has 0 aliphatic rings. The Morgan fingerprint density at radius 1 is 1.16 bits per heavy atom. The maximum absolute atomic E-state index is 12.9. The van der Waals surface area contributed by atoms with E-state index in [1.54, 1.807) is 7.11 Å². The predicted octanol–water partition coefficient (Wildman–Crippen LogP) is 4.16. The molecule has 25 heavy (non-hydrogen) atoms. The Morgan fingerprint density at radius 3 is 2.60 bits per heavy atom. The predicted molar refractivity (Wildman–Crippen MR) is 101 cm³/mol. The number of nitrogens with zero attached hydrogens (tertiary/aromatic N) is 1. The second-order valence-corrected chi connectivity index (χ2v) is 6.50. The van der Waals surface area contributed by atoms with Gasteiger partial charge in [0.25, 0.3) is 0 Å². The third-order valence-electron chi connectivity index (χ3n) is 4.46. The number of aromatic amines is 1. The molecule has 0 radical (unpaired) electrons. The van der Waals surface area contributed by atoms with E-state index in [0.717, 1.165) is 27.8 Å². The van der Waals surface area contributed by atoms with Crippen LogP contribution >= 0.6 is 0 Å². The Hall–Kier alpha value is -2.75. The van der Waals surface area contributed by atoms with Crippen molar-refractivity contribution in [3.8, 4) is 5.75 Å². The highest BCUT2D eigenvalue weighted by atomic mass is 16.5. The summed E-state index contributed by atoms with van der Waals surface area (Å²) in [5, 5.41) is 1.04. The molecule has 1 aromatic heterocycles. The normalized spacial score (nSPS) is 11.0. The summed E-state index contributed by atoms with van der Waals surface area (Å²) in [6.07, 6.45) is 2.29. The van der Waals surface area contributed by atoms with Crippen LogP contribution < -0.4 is 4.74 Å². The Balaban J connectivity index is 1.81. The molecule has 0 saturated heterocycles. The molecule has 4 heteroatoms. The molecular weight excluding hydrogens is 312 g/mol. The van der Waals surface area contributed by atoms with Crippen LogP contribution in [0.15, 0.2) is 54.7 Å². The fourth-order valence-electron chi connectivity index (χ4n) is 3.03. The van der Waals surface area contributed by atoms with E-state index < -0.39 is 0 Å². The van der Waals surface area contributed by atoms with Gasteiger partial charge in [-0.15, -0.1) is 0 Å². The SMILES string of the molecule is COc1ccc2[nH]cc(CC(=O)N(Cc3ccccc3)C(C)C)c2c1. The zero-order valence-electron chi connectivity index (χ0n) is 15.0. The Morgan fingerprint density at radius 2 is 1.92 bits per heavy atom. The molecule has 4 nitrogen and oxygen atoms in total. The first-order valence-electron chi connectivity index (χ1n) is 8.56. The number of H-pyrrole nitrogens is 1. The first kappa shape index (κ1) is 17.1. The molecular formula is C21H24N2O2. The maximum Gasteiger partial charge on any atom is 0.227 e. The molecule has 0 fully saturated rings. The zero-order valence-corrected chi connectivity index (χ0v) is 15.0. The number of carbonyl (C=O) groups is 1. The number of amides is 1. The summed E-state index contributed by atoms with van der Waals surface area (Å²) in [5.74, 6) is 0.924. The van der Waals surface area contributed by atoms with Gasteiger partial charge >= 0.3 is 0 Å². The first-order chi connectivity index (χ1) is 12.1. The fraction of sp³-hybridized carbons (Fsp3) is 0.286. The van der Waals surface area contributed by atoms with Gasteiger partial charge in [-0.2, -0.15) is 0 Å². The van der Waals surface area contributed by atoms with Gasteiger partial charge in [-0.1, -0.05) is 30.3 Å². The number of rotatable bonds is 6. The number of nitrogens with one attached hydrogen (secondary N) is 1. The highest BCUT2D eigenvalue weighted by Gasteiger charge is 2.19. The van der Waals surface area contributed by atoms with Crippen molar-refractivity contribution in [2.45, 2.75) is 32.9 Å². The van der Waals surface area contributed by atoms with Crippen molar-refractivity contribution >= 4 is 16.8 Å². The van der Waals surface area contributed by atoms with E-state index in [1.165, 1.54) is 0 Å². The van der Waals surface area contributed by atoms with Crippen LogP contribution in [0.3, 0.4) is 0 Å². The second-order valence-electron chi connectivity index (χ2n) is 6.50. The van der Waals surface area contributed by atoms with E-state index in [1.807, 2.05) is 47.5 Å². The summed E-state index contributed by atoms with van der Waals surface area (Å²) in [5.41, 5.74) is 3.16. The van der Waals surface area contributed by atoms with Crippen molar-refractivity contribution < 1.29 is 9.53 Å². The maximum atomic E-state index is 12.9. The van der Waals surface area contributed by atoms with Gasteiger partial charge in [-0.05, 0) is 43.2 Å². The van der Waals surface area contributed by atoms with Crippen molar-refractivity contribution in [1.29, 1.82) is 0 Å². The second kappa shape index (κ2) is 7.43. The van der Waals surface area contributed by atoms with E-state index in [4.69, 9.17) is 4.74 Å². The smallest absolute Gasteiger partial charge is 0.227 e. The number of ether oxygens (including phenoxy) is 1. The van der Waals surface area contributed by atoms with E-state index >= 15 is 0 Å². The number of fused-ring (bicyclic) bond motifs is 1. The van der Waals surface area contributed by atoms with Crippen LogP contribution in [-0.4, -0.2) is 28.9 Å². The minimum absolute atomic E-state index is 0.127. The Labute approximate surface area is 148 Å². The molecule has 0 atom stereocenters. The molecule has 0 saturated carbocycles. The minimum atomic E-state index is 0.127. The van der Waals surface area contributed by atoms with Gasteiger partial charge in [0.1, 0.15) is 5.75 Å². The number of hydrogen-bond donors (Lipinski definition) is 1. The van der Waals surface area contributed by atoms with E-state index in [0.29, 0.717) is 13.0 Å². The molecule has 1 heterocycles. The lowest BCUT2D eigenvalue weighted by Crippen LogP contribution is -2.37. The van der Waals surface area contributed by atoms with Crippen LogP contribution in [0.4, 0.5) is 0 Å². The molecule has 0 unspecified atom stereocenters. The fourth-order valence-corrected chi connectivity index (χ4v) is 3.03. The lowest BCUT2D eigenvalue weighted by atomic mass is 10.1. The molecule has 3 aromatic rings. The van der Waals surface area contributed by atoms with Gasteiger partial charge in [0.05, 0.1) is 13.5 Å². The van der Waals surface area contributed by atoms with Gasteiger partial charge in [0.15, 0.2) is 0 Å². The largest absolute Gasteiger partial charge is 0.497 e. The Kier molecular flexibility index (Phi) is 5.08. The lowest BCUT2D eigenvalue weighted by Gasteiger charge is -2.27. The van der Waals surface area contributed by atoms with Gasteiger partial charge in [-0.25, -0.2) is 0 Å². The highest BCUT2D eigenvalue weighted by molar-refractivity contribution is 5.89. The minimum Gasteiger partial charge on any atom is -0.497 e. The van der Waals surface area contributed by atoms with Gasteiger partial charge in [0.2, 0.25) is 5.91 Å². The molecule has 0 spiro atoms. The molecule has 0 aliphatic heterocycles. The van der Waals surface area contributed by atoms with Gasteiger partial charge < -0.3 is 14.6 Å². The topological polar surface area (TPSA) is 45.3 Å². The van der Waals surface area contributed by atoms with Crippen LogP contribution in [0.2, 0.25) is 0 Å². The summed E-state index contributed by atoms with van der Waals surface area (Å²) < 4.78 is 5.31. The monoisotopic (exact) mass is 336 g/mol. The van der Waals surface area contributed by atoms with Crippen molar-refractivity contribution in [3.05, 3.63) is 65.9 Å². The van der Waals surface area contributed by atoms with Crippen LogP contribution in [0.1, 0.15) is 25.0 Å². The van der Waals surface area contributed by atoms with Crippen molar-refractivity contribution in [3.63, 3.8) is 0 Å². The summed E-state index contributed by atoms with van der Waals surface area (Å²) in [4.78, 5) is 18.1. The van der Waals surface area contributed by atoms with E-state index in [2.05, 4.69) is 31.0 Å². The quantitative estimate of drug-likeness (QED) is 0.735. The lowest BCUT2D eigenvalue weighted by molar-refractivity contribution is -0.132. The number of carbonyl (C=O) groups excluding carboxylic acids is 1. The van der Waals surface area contributed by atoms with Crippen molar-refractivity contribution in [1.82, 2.24) is 9.88 Å². The molecule has 130 valence electrons. The highest BCUT2D eigenvalue weighted by Crippen LogP contribution is 2.24.